The van der Waals surface area contributed by atoms with Gasteiger partial charge in [0.1, 0.15) is 22.7 Å². The van der Waals surface area contributed by atoms with Crippen molar-refractivity contribution in [2.24, 2.45) is 0 Å². The predicted molar refractivity (Wildman–Crippen MR) is 85.0 cm³/mol. The second-order valence-electron chi connectivity index (χ2n) is 4.69. The van der Waals surface area contributed by atoms with Crippen molar-refractivity contribution in [2.45, 2.75) is 13.5 Å². The van der Waals surface area contributed by atoms with Crippen LogP contribution in [0.25, 0.3) is 5.52 Å². The first-order valence-electron chi connectivity index (χ1n) is 6.58. The Balaban J connectivity index is 1.83. The van der Waals surface area contributed by atoms with Crippen LogP contribution in [0.3, 0.4) is 0 Å². The molecule has 3 rings (SSSR count). The quantitative estimate of drug-likeness (QED) is 0.716. The van der Waals surface area contributed by atoms with Crippen molar-refractivity contribution in [3.63, 3.8) is 0 Å². The van der Waals surface area contributed by atoms with E-state index >= 15 is 0 Å². The third-order valence-electron chi connectivity index (χ3n) is 3.32. The summed E-state index contributed by atoms with van der Waals surface area (Å²) in [7, 11) is 1.65. The van der Waals surface area contributed by atoms with Crippen molar-refractivity contribution in [1.29, 1.82) is 0 Å². The molecule has 0 amide bonds. The fraction of sp³-hybridized carbons (Fsp3) is 0.188. The third kappa shape index (κ3) is 2.74. The Morgan fingerprint density at radius 1 is 1.14 bits per heavy atom. The van der Waals surface area contributed by atoms with Gasteiger partial charge in [0, 0.05) is 6.20 Å². The Kier molecular flexibility index (Phi) is 3.84. The van der Waals surface area contributed by atoms with Gasteiger partial charge in [-0.1, -0.05) is 6.07 Å². The number of aryl methyl sites for hydroxylation is 1. The highest BCUT2D eigenvalue weighted by Crippen LogP contribution is 2.23. The molecular weight excluding hydrogens is 332 g/mol. The summed E-state index contributed by atoms with van der Waals surface area (Å²) in [5.74, 6) is 2.46. The van der Waals surface area contributed by atoms with Crippen LogP contribution in [0.1, 0.15) is 11.4 Å². The van der Waals surface area contributed by atoms with Crippen LogP contribution in [0.5, 0.6) is 11.5 Å². The monoisotopic (exact) mass is 346 g/mol. The molecule has 2 heterocycles. The summed E-state index contributed by atoms with van der Waals surface area (Å²) in [5, 5.41) is 0. The van der Waals surface area contributed by atoms with E-state index in [1.807, 2.05) is 40.9 Å². The minimum absolute atomic E-state index is 0.405. The SMILES string of the molecule is COc1ccc(OCc2nc(Br)c3c(C)cccn23)cc1. The maximum Gasteiger partial charge on any atom is 0.152 e. The zero-order chi connectivity index (χ0) is 14.8. The number of hydrogen-bond acceptors (Lipinski definition) is 3. The first-order valence-corrected chi connectivity index (χ1v) is 7.37. The second-order valence-corrected chi connectivity index (χ2v) is 5.44. The molecule has 0 spiro atoms. The standard InChI is InChI=1S/C16H15BrN2O2/c1-11-4-3-9-19-14(18-16(17)15(11)19)10-21-13-7-5-12(20-2)6-8-13/h3-9H,10H2,1-2H3. The number of halogens is 1. The molecule has 0 aliphatic carbocycles. The molecule has 0 atom stereocenters. The summed E-state index contributed by atoms with van der Waals surface area (Å²) in [6, 6.07) is 11.6. The van der Waals surface area contributed by atoms with Crippen LogP contribution in [0.4, 0.5) is 0 Å². The van der Waals surface area contributed by atoms with Crippen molar-refractivity contribution >= 4 is 21.4 Å². The van der Waals surface area contributed by atoms with Crippen molar-refractivity contribution in [3.8, 4) is 11.5 Å². The lowest BCUT2D eigenvalue weighted by atomic mass is 10.3. The number of aromatic nitrogens is 2. The molecule has 0 bridgehead atoms. The maximum atomic E-state index is 5.79. The molecular formula is C16H15BrN2O2. The van der Waals surface area contributed by atoms with Gasteiger partial charge in [-0.3, -0.25) is 4.40 Å². The Labute approximate surface area is 131 Å². The van der Waals surface area contributed by atoms with E-state index in [0.717, 1.165) is 27.4 Å². The van der Waals surface area contributed by atoms with Crippen LogP contribution in [0.2, 0.25) is 0 Å². The minimum Gasteiger partial charge on any atom is -0.497 e. The molecule has 0 saturated carbocycles. The van der Waals surface area contributed by atoms with Gasteiger partial charge < -0.3 is 9.47 Å². The first kappa shape index (κ1) is 13.9. The molecule has 0 unspecified atom stereocenters. The van der Waals surface area contributed by atoms with Gasteiger partial charge >= 0.3 is 0 Å². The first-order chi connectivity index (χ1) is 10.2. The van der Waals surface area contributed by atoms with Gasteiger partial charge in [-0.15, -0.1) is 0 Å². The normalized spacial score (nSPS) is 10.8. The minimum atomic E-state index is 0.405. The van der Waals surface area contributed by atoms with Crippen LogP contribution in [0.15, 0.2) is 47.2 Å². The molecule has 0 aliphatic rings. The molecule has 0 fully saturated rings. The lowest BCUT2D eigenvalue weighted by molar-refractivity contribution is 0.294. The summed E-state index contributed by atoms with van der Waals surface area (Å²) >= 11 is 3.51. The van der Waals surface area contributed by atoms with E-state index in [1.165, 1.54) is 5.56 Å². The Bertz CT molecular complexity index is 766. The highest BCUT2D eigenvalue weighted by atomic mass is 79.9. The summed E-state index contributed by atoms with van der Waals surface area (Å²) in [4.78, 5) is 4.53. The number of pyridine rings is 1. The number of fused-ring (bicyclic) bond motifs is 1. The highest BCUT2D eigenvalue weighted by Gasteiger charge is 2.11. The number of methoxy groups -OCH3 is 1. The maximum absolute atomic E-state index is 5.79. The summed E-state index contributed by atoms with van der Waals surface area (Å²) in [6.45, 7) is 2.47. The van der Waals surface area contributed by atoms with E-state index in [0.29, 0.717) is 6.61 Å². The molecule has 21 heavy (non-hydrogen) atoms. The van der Waals surface area contributed by atoms with Gasteiger partial charge in [-0.05, 0) is 58.7 Å². The average molecular weight is 347 g/mol. The van der Waals surface area contributed by atoms with E-state index in [4.69, 9.17) is 9.47 Å². The predicted octanol–water partition coefficient (Wildman–Crippen LogP) is 3.99. The fourth-order valence-electron chi connectivity index (χ4n) is 2.24. The topological polar surface area (TPSA) is 35.8 Å². The molecule has 0 aliphatic heterocycles. The number of benzene rings is 1. The zero-order valence-electron chi connectivity index (χ0n) is 11.8. The molecule has 108 valence electrons. The van der Waals surface area contributed by atoms with E-state index < -0.39 is 0 Å². The van der Waals surface area contributed by atoms with Gasteiger partial charge in [-0.2, -0.15) is 0 Å². The van der Waals surface area contributed by atoms with E-state index in [9.17, 15) is 0 Å². The number of nitrogens with zero attached hydrogens (tertiary/aromatic N) is 2. The lowest BCUT2D eigenvalue weighted by Gasteiger charge is -2.07. The summed E-state index contributed by atoms with van der Waals surface area (Å²) in [6.07, 6.45) is 1.99. The summed E-state index contributed by atoms with van der Waals surface area (Å²) < 4.78 is 13.8. The van der Waals surface area contributed by atoms with Crippen LogP contribution in [-0.2, 0) is 6.61 Å². The van der Waals surface area contributed by atoms with Crippen molar-refractivity contribution in [1.82, 2.24) is 9.38 Å². The third-order valence-corrected chi connectivity index (χ3v) is 3.88. The lowest BCUT2D eigenvalue weighted by Crippen LogP contribution is -2.01. The number of imidazole rings is 1. The van der Waals surface area contributed by atoms with E-state index in [2.05, 4.69) is 33.9 Å². The van der Waals surface area contributed by atoms with Crippen LogP contribution < -0.4 is 9.47 Å². The van der Waals surface area contributed by atoms with Crippen molar-refractivity contribution < 1.29 is 9.47 Å². The summed E-state index contributed by atoms with van der Waals surface area (Å²) in [5.41, 5.74) is 2.25. The molecule has 2 aromatic heterocycles. The molecule has 0 radical (unpaired) electrons. The number of hydrogen-bond donors (Lipinski definition) is 0. The highest BCUT2D eigenvalue weighted by molar-refractivity contribution is 9.10. The largest absolute Gasteiger partial charge is 0.497 e. The molecule has 3 aromatic rings. The Hall–Kier alpha value is -2.01. The van der Waals surface area contributed by atoms with Gasteiger partial charge in [0.25, 0.3) is 0 Å². The number of rotatable bonds is 4. The van der Waals surface area contributed by atoms with Gasteiger partial charge in [0.05, 0.1) is 12.6 Å². The van der Waals surface area contributed by atoms with Crippen molar-refractivity contribution in [3.05, 3.63) is 58.6 Å². The van der Waals surface area contributed by atoms with Crippen LogP contribution >= 0.6 is 15.9 Å². The Morgan fingerprint density at radius 2 is 1.86 bits per heavy atom. The fourth-order valence-corrected chi connectivity index (χ4v) is 2.94. The molecule has 4 nitrogen and oxygen atoms in total. The van der Waals surface area contributed by atoms with Gasteiger partial charge in [-0.25, -0.2) is 4.98 Å². The Morgan fingerprint density at radius 3 is 2.57 bits per heavy atom. The molecule has 1 aromatic carbocycles. The second kappa shape index (κ2) is 5.77. The smallest absolute Gasteiger partial charge is 0.152 e. The van der Waals surface area contributed by atoms with Gasteiger partial charge in [0.2, 0.25) is 0 Å². The van der Waals surface area contributed by atoms with E-state index in [1.54, 1.807) is 7.11 Å². The van der Waals surface area contributed by atoms with Gasteiger partial charge in [0.15, 0.2) is 5.82 Å². The molecule has 0 saturated heterocycles. The zero-order valence-corrected chi connectivity index (χ0v) is 13.4. The van der Waals surface area contributed by atoms with Crippen LogP contribution in [0, 0.1) is 6.92 Å². The average Bonchev–Trinajstić information content (AvgIpc) is 2.83. The molecule has 0 N–H and O–H groups in total. The molecule has 5 heteroatoms. The van der Waals surface area contributed by atoms with E-state index in [-0.39, 0.29) is 0 Å². The van der Waals surface area contributed by atoms with Crippen molar-refractivity contribution in [2.75, 3.05) is 7.11 Å². The van der Waals surface area contributed by atoms with Crippen LogP contribution in [-0.4, -0.2) is 16.5 Å². The number of ether oxygens (including phenoxy) is 2.